The molecule has 0 atom stereocenters. The number of hydrogen-bond acceptors (Lipinski definition) is 3. The van der Waals surface area contributed by atoms with E-state index >= 15 is 0 Å². The number of rotatable bonds is 4. The van der Waals surface area contributed by atoms with Gasteiger partial charge in [-0.15, -0.1) is 0 Å². The van der Waals surface area contributed by atoms with E-state index in [0.29, 0.717) is 23.2 Å². The number of hydrogen-bond donors (Lipinski definition) is 1. The van der Waals surface area contributed by atoms with Crippen LogP contribution in [0.4, 0.5) is 0 Å². The van der Waals surface area contributed by atoms with Crippen molar-refractivity contribution >= 4 is 17.4 Å². The third kappa shape index (κ3) is 3.55. The van der Waals surface area contributed by atoms with Gasteiger partial charge in [0.25, 0.3) is 0 Å². The van der Waals surface area contributed by atoms with Crippen molar-refractivity contribution in [3.8, 4) is 0 Å². The molecule has 0 aliphatic carbocycles. The van der Waals surface area contributed by atoms with Crippen LogP contribution >= 0.6 is 11.6 Å². The number of ketones is 1. The molecule has 0 radical (unpaired) electrons. The van der Waals surface area contributed by atoms with E-state index in [1.165, 1.54) is 0 Å². The Hall–Kier alpha value is -0.900. The van der Waals surface area contributed by atoms with E-state index in [4.69, 9.17) is 11.6 Å². The van der Waals surface area contributed by atoms with E-state index in [0.717, 1.165) is 25.9 Å². The zero-order valence-electron chi connectivity index (χ0n) is 10.7. The highest BCUT2D eigenvalue weighted by molar-refractivity contribution is 6.31. The monoisotopic (exact) mass is 266 g/mol. The van der Waals surface area contributed by atoms with Gasteiger partial charge in [0, 0.05) is 16.6 Å². The third-order valence-electron chi connectivity index (χ3n) is 3.47. The molecule has 0 unspecified atom stereocenters. The molecule has 0 saturated carbocycles. The smallest absolute Gasteiger partial charge is 0.176 e. The standard InChI is InChI=1S/C14H19ClN2O/c1-17(13-5-7-16-8-6-13)10-14(18)11-3-2-4-12(15)9-11/h2-4,9,13,16H,5-8,10H2,1H3. The highest BCUT2D eigenvalue weighted by Crippen LogP contribution is 2.14. The van der Waals surface area contributed by atoms with E-state index in [9.17, 15) is 4.79 Å². The van der Waals surface area contributed by atoms with Gasteiger partial charge in [-0.25, -0.2) is 0 Å². The Balaban J connectivity index is 1.94. The highest BCUT2D eigenvalue weighted by Gasteiger charge is 2.20. The van der Waals surface area contributed by atoms with Crippen molar-refractivity contribution in [3.63, 3.8) is 0 Å². The van der Waals surface area contributed by atoms with E-state index in [1.807, 2.05) is 19.2 Å². The maximum Gasteiger partial charge on any atom is 0.176 e. The minimum atomic E-state index is 0.138. The van der Waals surface area contributed by atoms with Crippen LogP contribution in [0, 0.1) is 0 Å². The summed E-state index contributed by atoms with van der Waals surface area (Å²) < 4.78 is 0. The zero-order chi connectivity index (χ0) is 13.0. The van der Waals surface area contributed by atoms with Gasteiger partial charge in [-0.05, 0) is 45.1 Å². The van der Waals surface area contributed by atoms with Crippen molar-refractivity contribution in [3.05, 3.63) is 34.9 Å². The molecule has 1 heterocycles. The van der Waals surface area contributed by atoms with Gasteiger partial charge in [0.15, 0.2) is 5.78 Å². The van der Waals surface area contributed by atoms with E-state index in [-0.39, 0.29) is 5.78 Å². The normalized spacial score (nSPS) is 17.1. The van der Waals surface area contributed by atoms with E-state index < -0.39 is 0 Å². The largest absolute Gasteiger partial charge is 0.317 e. The van der Waals surface area contributed by atoms with Gasteiger partial charge in [0.05, 0.1) is 6.54 Å². The van der Waals surface area contributed by atoms with Crippen LogP contribution in [-0.4, -0.2) is 43.4 Å². The van der Waals surface area contributed by atoms with Crippen molar-refractivity contribution in [1.29, 1.82) is 0 Å². The predicted octanol–water partition coefficient (Wildman–Crippen LogP) is 2.21. The summed E-state index contributed by atoms with van der Waals surface area (Å²) in [6, 6.07) is 7.67. The van der Waals surface area contributed by atoms with Gasteiger partial charge >= 0.3 is 0 Å². The molecule has 18 heavy (non-hydrogen) atoms. The van der Waals surface area contributed by atoms with Crippen LogP contribution in [0.25, 0.3) is 0 Å². The minimum absolute atomic E-state index is 0.138. The number of carbonyl (C=O) groups is 1. The summed E-state index contributed by atoms with van der Waals surface area (Å²) in [6.45, 7) is 2.55. The quantitative estimate of drug-likeness (QED) is 0.848. The fourth-order valence-electron chi connectivity index (χ4n) is 2.36. The number of piperidine rings is 1. The molecule has 1 fully saturated rings. The maximum absolute atomic E-state index is 12.1. The lowest BCUT2D eigenvalue weighted by Gasteiger charge is -2.31. The Morgan fingerprint density at radius 3 is 2.83 bits per heavy atom. The first-order valence-corrected chi connectivity index (χ1v) is 6.74. The number of Topliss-reactive ketones (excluding diaryl/α,β-unsaturated/α-hetero) is 1. The Morgan fingerprint density at radius 2 is 2.17 bits per heavy atom. The van der Waals surface area contributed by atoms with Crippen LogP contribution in [0.3, 0.4) is 0 Å². The summed E-state index contributed by atoms with van der Waals surface area (Å²) in [5.74, 6) is 0.138. The molecule has 1 aromatic rings. The second kappa shape index (κ2) is 6.32. The lowest BCUT2D eigenvalue weighted by molar-refractivity contribution is 0.0903. The average molecular weight is 267 g/mol. The van der Waals surface area contributed by atoms with Crippen LogP contribution in [0.2, 0.25) is 5.02 Å². The topological polar surface area (TPSA) is 32.3 Å². The van der Waals surface area contributed by atoms with Crippen molar-refractivity contribution in [2.24, 2.45) is 0 Å². The SMILES string of the molecule is CN(CC(=O)c1cccc(Cl)c1)C1CCNCC1. The molecule has 3 nitrogen and oxygen atoms in total. The summed E-state index contributed by atoms with van der Waals surface area (Å²) in [5, 5.41) is 3.95. The number of nitrogens with zero attached hydrogens (tertiary/aromatic N) is 1. The van der Waals surface area contributed by atoms with Crippen molar-refractivity contribution in [2.45, 2.75) is 18.9 Å². The van der Waals surface area contributed by atoms with E-state index in [1.54, 1.807) is 12.1 Å². The number of benzene rings is 1. The number of nitrogens with one attached hydrogen (secondary N) is 1. The summed E-state index contributed by atoms with van der Waals surface area (Å²) in [4.78, 5) is 14.3. The highest BCUT2D eigenvalue weighted by atomic mass is 35.5. The molecule has 0 spiro atoms. The molecule has 1 N–H and O–H groups in total. The fourth-order valence-corrected chi connectivity index (χ4v) is 2.55. The molecule has 0 amide bonds. The van der Waals surface area contributed by atoms with Gasteiger partial charge in [-0.1, -0.05) is 23.7 Å². The van der Waals surface area contributed by atoms with Gasteiger partial charge in [0.2, 0.25) is 0 Å². The van der Waals surface area contributed by atoms with E-state index in [2.05, 4.69) is 10.2 Å². The number of likely N-dealkylation sites (N-methyl/N-ethyl adjacent to an activating group) is 1. The van der Waals surface area contributed by atoms with Gasteiger partial charge < -0.3 is 5.32 Å². The molecular formula is C14H19ClN2O. The summed E-state index contributed by atoms with van der Waals surface area (Å²) in [6.07, 6.45) is 2.22. The first-order valence-electron chi connectivity index (χ1n) is 6.36. The molecule has 98 valence electrons. The molecular weight excluding hydrogens is 248 g/mol. The molecule has 1 aromatic carbocycles. The lowest BCUT2D eigenvalue weighted by Crippen LogP contribution is -2.43. The van der Waals surface area contributed by atoms with Gasteiger partial charge in [-0.2, -0.15) is 0 Å². The lowest BCUT2D eigenvalue weighted by atomic mass is 10.0. The summed E-state index contributed by atoms with van der Waals surface area (Å²) in [7, 11) is 2.03. The predicted molar refractivity (Wildman–Crippen MR) is 74.3 cm³/mol. The average Bonchev–Trinajstić information content (AvgIpc) is 2.39. The molecule has 1 aliphatic rings. The van der Waals surface area contributed by atoms with Crippen LogP contribution in [0.15, 0.2) is 24.3 Å². The molecule has 1 saturated heterocycles. The third-order valence-corrected chi connectivity index (χ3v) is 3.71. The summed E-state index contributed by atoms with van der Waals surface area (Å²) in [5.41, 5.74) is 0.697. The number of halogens is 1. The second-order valence-electron chi connectivity index (χ2n) is 4.83. The maximum atomic E-state index is 12.1. The van der Waals surface area contributed by atoms with Crippen LogP contribution < -0.4 is 5.32 Å². The molecule has 0 bridgehead atoms. The van der Waals surface area contributed by atoms with Crippen LogP contribution in [0.1, 0.15) is 23.2 Å². The van der Waals surface area contributed by atoms with Crippen LogP contribution in [0.5, 0.6) is 0 Å². The Bertz CT molecular complexity index is 416. The molecule has 0 aromatic heterocycles. The first-order chi connectivity index (χ1) is 8.66. The van der Waals surface area contributed by atoms with Crippen molar-refractivity contribution < 1.29 is 4.79 Å². The number of carbonyl (C=O) groups excluding carboxylic acids is 1. The summed E-state index contributed by atoms with van der Waals surface area (Å²) >= 11 is 5.90. The Morgan fingerprint density at radius 1 is 1.44 bits per heavy atom. The van der Waals surface area contributed by atoms with Crippen molar-refractivity contribution in [1.82, 2.24) is 10.2 Å². The van der Waals surface area contributed by atoms with Crippen molar-refractivity contribution in [2.75, 3.05) is 26.7 Å². The molecule has 4 heteroatoms. The fraction of sp³-hybridized carbons (Fsp3) is 0.500. The van der Waals surface area contributed by atoms with Gasteiger partial charge in [0.1, 0.15) is 0 Å². The second-order valence-corrected chi connectivity index (χ2v) is 5.27. The Kier molecular flexibility index (Phi) is 4.75. The zero-order valence-corrected chi connectivity index (χ0v) is 11.4. The minimum Gasteiger partial charge on any atom is -0.317 e. The first kappa shape index (κ1) is 13.5. The Labute approximate surface area is 113 Å². The van der Waals surface area contributed by atoms with Crippen LogP contribution in [-0.2, 0) is 0 Å². The molecule has 1 aliphatic heterocycles. The van der Waals surface area contributed by atoms with Gasteiger partial charge in [-0.3, -0.25) is 9.69 Å². The molecule has 2 rings (SSSR count).